The molecule has 1 amide bonds. The highest BCUT2D eigenvalue weighted by Crippen LogP contribution is 2.31. The van der Waals surface area contributed by atoms with Gasteiger partial charge in [0.05, 0.1) is 25.3 Å². The Labute approximate surface area is 191 Å². The smallest absolute Gasteiger partial charge is 0.455 e. The summed E-state index contributed by atoms with van der Waals surface area (Å²) < 4.78 is 53.6. The summed E-state index contributed by atoms with van der Waals surface area (Å²) in [5.74, 6) is -1.77. The van der Waals surface area contributed by atoms with E-state index in [0.29, 0.717) is 36.3 Å². The molecule has 2 aromatic heterocycles. The van der Waals surface area contributed by atoms with Crippen LogP contribution in [0.25, 0.3) is 11.1 Å². The predicted molar refractivity (Wildman–Crippen MR) is 110 cm³/mol. The molecule has 0 aliphatic carbocycles. The second-order valence-electron chi connectivity index (χ2n) is 7.32. The molecule has 1 atom stereocenters. The molecule has 1 fully saturated rings. The van der Waals surface area contributed by atoms with E-state index in [9.17, 15) is 18.0 Å². The predicted octanol–water partition coefficient (Wildman–Crippen LogP) is 4.15. The van der Waals surface area contributed by atoms with Crippen molar-refractivity contribution in [3.8, 4) is 17.0 Å². The quantitative estimate of drug-likeness (QED) is 0.540. The number of pyridine rings is 1. The zero-order valence-corrected chi connectivity index (χ0v) is 17.8. The zero-order chi connectivity index (χ0) is 23.4. The number of hydrogen-bond donors (Lipinski definition) is 1. The molecule has 1 saturated heterocycles. The van der Waals surface area contributed by atoms with Crippen molar-refractivity contribution in [3.63, 3.8) is 0 Å². The van der Waals surface area contributed by atoms with Crippen molar-refractivity contribution < 1.29 is 32.0 Å². The first-order chi connectivity index (χ1) is 15.8. The number of halogens is 4. The Hall–Kier alpha value is -3.18. The van der Waals surface area contributed by atoms with Gasteiger partial charge in [0.15, 0.2) is 0 Å². The van der Waals surface area contributed by atoms with Gasteiger partial charge in [-0.25, -0.2) is 4.98 Å². The van der Waals surface area contributed by atoms with Crippen LogP contribution >= 0.6 is 11.6 Å². The van der Waals surface area contributed by atoms with Crippen molar-refractivity contribution in [1.29, 1.82) is 0 Å². The number of carbonyl (C=O) groups excluding carboxylic acids is 1. The maximum Gasteiger partial charge on any atom is 0.455 e. The molecule has 3 aromatic rings. The molecular weight excluding hydrogens is 465 g/mol. The highest BCUT2D eigenvalue weighted by molar-refractivity contribution is 6.30. The van der Waals surface area contributed by atoms with Gasteiger partial charge in [-0.3, -0.25) is 4.79 Å². The third kappa shape index (κ3) is 5.79. The molecular formula is C21H18ClF3N4O4. The average molecular weight is 483 g/mol. The molecule has 3 heterocycles. The fourth-order valence-corrected chi connectivity index (χ4v) is 3.26. The van der Waals surface area contributed by atoms with Crippen LogP contribution in [0.3, 0.4) is 0 Å². The van der Waals surface area contributed by atoms with Gasteiger partial charge in [0.2, 0.25) is 11.8 Å². The summed E-state index contributed by atoms with van der Waals surface area (Å²) in [6, 6.07) is 8.52. The number of carbonyl (C=O) groups is 1. The fourth-order valence-electron chi connectivity index (χ4n) is 3.14. The van der Waals surface area contributed by atoms with Crippen LogP contribution in [0.4, 0.5) is 13.2 Å². The van der Waals surface area contributed by atoms with Crippen LogP contribution in [-0.4, -0.2) is 40.9 Å². The van der Waals surface area contributed by atoms with E-state index in [1.807, 2.05) is 0 Å². The number of amides is 1. The molecule has 0 bridgehead atoms. The van der Waals surface area contributed by atoms with E-state index in [4.69, 9.17) is 21.1 Å². The van der Waals surface area contributed by atoms with Crippen molar-refractivity contribution in [2.45, 2.75) is 19.1 Å². The van der Waals surface area contributed by atoms with Gasteiger partial charge in [-0.05, 0) is 30.2 Å². The van der Waals surface area contributed by atoms with Gasteiger partial charge in [0.25, 0.3) is 11.7 Å². The number of benzene rings is 1. The molecule has 0 saturated carbocycles. The van der Waals surface area contributed by atoms with Gasteiger partial charge >= 0.3 is 6.18 Å². The van der Waals surface area contributed by atoms with Crippen LogP contribution in [0.1, 0.15) is 28.5 Å². The number of nitrogens with one attached hydrogen (secondary N) is 1. The monoisotopic (exact) mass is 482 g/mol. The second kappa shape index (κ2) is 9.75. The van der Waals surface area contributed by atoms with Gasteiger partial charge in [0, 0.05) is 29.3 Å². The minimum absolute atomic E-state index is 0.173. The van der Waals surface area contributed by atoms with Crippen LogP contribution in [0.2, 0.25) is 5.02 Å². The Morgan fingerprint density at radius 1 is 1.27 bits per heavy atom. The highest BCUT2D eigenvalue weighted by atomic mass is 35.5. The van der Waals surface area contributed by atoms with Crippen LogP contribution in [0, 0.1) is 5.92 Å². The number of aromatic nitrogens is 3. The van der Waals surface area contributed by atoms with Gasteiger partial charge < -0.3 is 19.3 Å². The van der Waals surface area contributed by atoms with Crippen LogP contribution in [0.5, 0.6) is 5.88 Å². The summed E-state index contributed by atoms with van der Waals surface area (Å²) >= 11 is 5.98. The third-order valence-electron chi connectivity index (χ3n) is 4.87. The number of hydrogen-bond acceptors (Lipinski definition) is 7. The van der Waals surface area contributed by atoms with Gasteiger partial charge in [-0.1, -0.05) is 28.9 Å². The maximum absolute atomic E-state index is 12.6. The summed E-state index contributed by atoms with van der Waals surface area (Å²) in [7, 11) is 0. The molecule has 1 unspecified atom stereocenters. The summed E-state index contributed by atoms with van der Waals surface area (Å²) in [4.78, 5) is 20.1. The average Bonchev–Trinajstić information content (AvgIpc) is 3.48. The maximum atomic E-state index is 12.6. The Bertz CT molecular complexity index is 1120. The fraction of sp³-hybridized carbons (Fsp3) is 0.333. The lowest BCUT2D eigenvalue weighted by Crippen LogP contribution is -2.23. The molecule has 1 aliphatic heterocycles. The number of nitrogens with zero attached hydrogens (tertiary/aromatic N) is 3. The number of ether oxygens (including phenoxy) is 2. The summed E-state index contributed by atoms with van der Waals surface area (Å²) in [6.45, 7) is 1.34. The molecule has 1 aliphatic rings. The minimum Gasteiger partial charge on any atom is -0.477 e. The van der Waals surface area contributed by atoms with Crippen LogP contribution < -0.4 is 10.1 Å². The molecule has 1 aromatic carbocycles. The summed E-state index contributed by atoms with van der Waals surface area (Å²) in [6.07, 6.45) is -2.52. The Morgan fingerprint density at radius 3 is 2.73 bits per heavy atom. The summed E-state index contributed by atoms with van der Waals surface area (Å²) in [5.41, 5.74) is 1.47. The van der Waals surface area contributed by atoms with Crippen molar-refractivity contribution in [1.82, 2.24) is 20.4 Å². The molecule has 0 spiro atoms. The first-order valence-electron chi connectivity index (χ1n) is 9.94. The van der Waals surface area contributed by atoms with Crippen molar-refractivity contribution in [2.75, 3.05) is 19.8 Å². The normalized spacial score (nSPS) is 16.1. The molecule has 174 valence electrons. The number of rotatable bonds is 7. The Balaban J connectivity index is 1.51. The zero-order valence-electron chi connectivity index (χ0n) is 17.1. The van der Waals surface area contributed by atoms with E-state index in [0.717, 1.165) is 12.0 Å². The van der Waals surface area contributed by atoms with Gasteiger partial charge in [-0.2, -0.15) is 18.2 Å². The van der Waals surface area contributed by atoms with Gasteiger partial charge in [0.1, 0.15) is 0 Å². The minimum atomic E-state index is -4.73. The second-order valence-corrected chi connectivity index (χ2v) is 7.75. The van der Waals surface area contributed by atoms with Gasteiger partial charge in [-0.15, -0.1) is 0 Å². The molecule has 33 heavy (non-hydrogen) atoms. The lowest BCUT2D eigenvalue weighted by molar-refractivity contribution is -0.146. The molecule has 0 radical (unpaired) electrons. The molecule has 1 N–H and O–H groups in total. The van der Waals surface area contributed by atoms with E-state index >= 15 is 0 Å². The van der Waals surface area contributed by atoms with E-state index in [-0.39, 0.29) is 23.9 Å². The third-order valence-corrected chi connectivity index (χ3v) is 5.12. The van der Waals surface area contributed by atoms with E-state index in [2.05, 4.69) is 25.0 Å². The number of alkyl halides is 3. The first-order valence-corrected chi connectivity index (χ1v) is 10.3. The van der Waals surface area contributed by atoms with Crippen molar-refractivity contribution >= 4 is 17.5 Å². The standard InChI is InChI=1S/C21H18ClF3N4O4/c22-15-3-1-13(2-4-15)16-7-14(8-27-19(16)32-11-12-5-6-31-10-12)18(30)26-9-17-28-20(29-33-17)21(23,24)25/h1-4,7-8,12H,5-6,9-11H2,(H,26,30). The first kappa shape index (κ1) is 23.0. The Kier molecular flexibility index (Phi) is 6.80. The van der Waals surface area contributed by atoms with Crippen molar-refractivity contribution in [3.05, 3.63) is 58.8 Å². The van der Waals surface area contributed by atoms with E-state index in [1.165, 1.54) is 6.20 Å². The SMILES string of the molecule is O=C(NCc1nc(C(F)(F)F)no1)c1cnc(OCC2CCOC2)c(-c2ccc(Cl)cc2)c1. The highest BCUT2D eigenvalue weighted by Gasteiger charge is 2.37. The Morgan fingerprint density at radius 2 is 2.06 bits per heavy atom. The van der Waals surface area contributed by atoms with Crippen molar-refractivity contribution in [2.24, 2.45) is 5.92 Å². The topological polar surface area (TPSA) is 99.4 Å². The summed E-state index contributed by atoms with van der Waals surface area (Å²) in [5, 5.41) is 5.84. The van der Waals surface area contributed by atoms with E-state index in [1.54, 1.807) is 30.3 Å². The lowest BCUT2D eigenvalue weighted by Gasteiger charge is -2.14. The van der Waals surface area contributed by atoms with Crippen LogP contribution in [-0.2, 0) is 17.5 Å². The lowest BCUT2D eigenvalue weighted by atomic mass is 10.0. The van der Waals surface area contributed by atoms with Crippen LogP contribution in [0.15, 0.2) is 41.1 Å². The molecule has 12 heteroatoms. The molecule has 8 nitrogen and oxygen atoms in total. The largest absolute Gasteiger partial charge is 0.477 e. The van der Waals surface area contributed by atoms with E-state index < -0.39 is 17.9 Å². The molecule has 4 rings (SSSR count).